The molecule has 1 atom stereocenters. The molecule has 0 spiro atoms. The molecule has 2 N–H and O–H groups in total. The van der Waals surface area contributed by atoms with E-state index >= 15 is 0 Å². The summed E-state index contributed by atoms with van der Waals surface area (Å²) >= 11 is 0. The zero-order valence-electron chi connectivity index (χ0n) is 7.66. The van der Waals surface area contributed by atoms with Gasteiger partial charge in [-0.1, -0.05) is 0 Å². The Hall–Kier alpha value is -1.10. The Kier molecular flexibility index (Phi) is 3.25. The predicted molar refractivity (Wildman–Crippen MR) is 45.8 cm³/mol. The highest BCUT2D eigenvalue weighted by molar-refractivity contribution is 5.96. The lowest BCUT2D eigenvalue weighted by Crippen LogP contribution is -2.33. The number of carbonyl (C=O) groups is 2. The van der Waals surface area contributed by atoms with Gasteiger partial charge in [0, 0.05) is 20.2 Å². The van der Waals surface area contributed by atoms with Crippen LogP contribution < -0.4 is 5.73 Å². The lowest BCUT2D eigenvalue weighted by Gasteiger charge is -2.14. The summed E-state index contributed by atoms with van der Waals surface area (Å²) in [4.78, 5) is 23.4. The number of hydrogen-bond acceptors (Lipinski definition) is 3. The van der Waals surface area contributed by atoms with E-state index in [1.807, 2.05) is 0 Å². The van der Waals surface area contributed by atoms with E-state index in [0.717, 1.165) is 6.42 Å². The number of primary amides is 1. The monoisotopic (exact) mass is 186 g/mol. The van der Waals surface area contributed by atoms with Crippen LogP contribution in [0.25, 0.3) is 0 Å². The smallest absolute Gasteiger partial charge is 0.232 e. The second kappa shape index (κ2) is 4.23. The zero-order chi connectivity index (χ0) is 9.84. The maximum atomic E-state index is 11.3. The largest absolute Gasteiger partial charge is 0.380 e. The van der Waals surface area contributed by atoms with Crippen molar-refractivity contribution < 1.29 is 14.3 Å². The first-order chi connectivity index (χ1) is 6.13. The summed E-state index contributed by atoms with van der Waals surface area (Å²) in [5, 5.41) is 0. The van der Waals surface area contributed by atoms with Gasteiger partial charge in [-0.3, -0.25) is 9.59 Å². The summed E-state index contributed by atoms with van der Waals surface area (Å²) < 4.78 is 5.09. The van der Waals surface area contributed by atoms with Gasteiger partial charge in [0.2, 0.25) is 11.8 Å². The van der Waals surface area contributed by atoms with E-state index in [1.165, 1.54) is 0 Å². The highest BCUT2D eigenvalue weighted by atomic mass is 16.5. The minimum atomic E-state index is -0.578. The number of hydrogen-bond donors (Lipinski definition) is 1. The van der Waals surface area contributed by atoms with Crippen molar-refractivity contribution in [1.82, 2.24) is 4.90 Å². The van der Waals surface area contributed by atoms with E-state index in [4.69, 9.17) is 10.5 Å². The molecule has 0 bridgehead atoms. The van der Waals surface area contributed by atoms with Gasteiger partial charge in [-0.25, -0.2) is 0 Å². The molecule has 0 aromatic carbocycles. The van der Waals surface area contributed by atoms with Crippen molar-refractivity contribution in [2.75, 3.05) is 20.2 Å². The van der Waals surface area contributed by atoms with E-state index in [0.29, 0.717) is 13.1 Å². The van der Waals surface area contributed by atoms with E-state index in [2.05, 4.69) is 0 Å². The zero-order valence-corrected chi connectivity index (χ0v) is 7.66. The first-order valence-electron chi connectivity index (χ1n) is 4.22. The Balaban J connectivity index is 2.37. The molecule has 0 aromatic rings. The Labute approximate surface area is 76.8 Å². The average Bonchev–Trinajstić information content (AvgIpc) is 2.50. The Bertz CT molecular complexity index is 217. The molecule has 0 saturated carbocycles. The van der Waals surface area contributed by atoms with Crippen LogP contribution in [0.5, 0.6) is 0 Å². The van der Waals surface area contributed by atoms with Crippen LogP contribution in [0.3, 0.4) is 0 Å². The third-order valence-corrected chi connectivity index (χ3v) is 2.16. The van der Waals surface area contributed by atoms with Gasteiger partial charge in [0.05, 0.1) is 6.10 Å². The molecule has 1 heterocycles. The summed E-state index contributed by atoms with van der Waals surface area (Å²) in [5.41, 5.74) is 4.91. The molecule has 5 nitrogen and oxygen atoms in total. The molecule has 74 valence electrons. The van der Waals surface area contributed by atoms with Crippen molar-refractivity contribution in [3.63, 3.8) is 0 Å². The maximum Gasteiger partial charge on any atom is 0.232 e. The SMILES string of the molecule is CO[C@@H]1CCN(C(=O)CC(N)=O)C1. The molecule has 1 aliphatic heterocycles. The van der Waals surface area contributed by atoms with E-state index in [1.54, 1.807) is 12.0 Å². The molecule has 1 aliphatic rings. The lowest BCUT2D eigenvalue weighted by molar-refractivity contribution is -0.134. The van der Waals surface area contributed by atoms with Gasteiger partial charge in [-0.15, -0.1) is 0 Å². The number of carbonyl (C=O) groups excluding carboxylic acids is 2. The molecule has 0 radical (unpaired) electrons. The van der Waals surface area contributed by atoms with Gasteiger partial charge in [0.1, 0.15) is 6.42 Å². The summed E-state index contributed by atoms with van der Waals surface area (Å²) in [6.45, 7) is 1.23. The first kappa shape index (κ1) is 9.98. The van der Waals surface area contributed by atoms with Crippen LogP contribution in [0.15, 0.2) is 0 Å². The lowest BCUT2D eigenvalue weighted by atomic mass is 10.3. The average molecular weight is 186 g/mol. The number of ether oxygens (including phenoxy) is 1. The third-order valence-electron chi connectivity index (χ3n) is 2.16. The maximum absolute atomic E-state index is 11.3. The van der Waals surface area contributed by atoms with Crippen LogP contribution >= 0.6 is 0 Å². The summed E-state index contributed by atoms with van der Waals surface area (Å²) in [7, 11) is 1.62. The number of likely N-dealkylation sites (tertiary alicyclic amines) is 1. The molecule has 0 aromatic heterocycles. The van der Waals surface area contributed by atoms with Crippen molar-refractivity contribution in [1.29, 1.82) is 0 Å². The van der Waals surface area contributed by atoms with E-state index < -0.39 is 5.91 Å². The fourth-order valence-electron chi connectivity index (χ4n) is 1.41. The van der Waals surface area contributed by atoms with Gasteiger partial charge in [0.25, 0.3) is 0 Å². The van der Waals surface area contributed by atoms with Gasteiger partial charge >= 0.3 is 0 Å². The molecule has 1 saturated heterocycles. The van der Waals surface area contributed by atoms with Crippen LogP contribution in [0.1, 0.15) is 12.8 Å². The molecule has 1 fully saturated rings. The molecule has 0 aliphatic carbocycles. The third kappa shape index (κ3) is 2.69. The summed E-state index contributed by atoms with van der Waals surface area (Å²) in [6, 6.07) is 0. The summed E-state index contributed by atoms with van der Waals surface area (Å²) in [5.74, 6) is -0.780. The van der Waals surface area contributed by atoms with Crippen molar-refractivity contribution >= 4 is 11.8 Å². The van der Waals surface area contributed by atoms with E-state index in [-0.39, 0.29) is 18.4 Å². The number of methoxy groups -OCH3 is 1. The molecule has 13 heavy (non-hydrogen) atoms. The van der Waals surface area contributed by atoms with Crippen LogP contribution in [-0.4, -0.2) is 43.0 Å². The molecule has 1 rings (SSSR count). The molecular weight excluding hydrogens is 172 g/mol. The van der Waals surface area contributed by atoms with Gasteiger partial charge in [-0.2, -0.15) is 0 Å². The minimum Gasteiger partial charge on any atom is -0.380 e. The highest BCUT2D eigenvalue weighted by Crippen LogP contribution is 2.12. The number of rotatable bonds is 3. The Morgan fingerprint density at radius 2 is 2.31 bits per heavy atom. The number of amides is 2. The highest BCUT2D eigenvalue weighted by Gasteiger charge is 2.26. The second-order valence-electron chi connectivity index (χ2n) is 3.13. The number of nitrogens with zero attached hydrogens (tertiary/aromatic N) is 1. The predicted octanol–water partition coefficient (Wildman–Crippen LogP) is -0.891. The fraction of sp³-hybridized carbons (Fsp3) is 0.750. The van der Waals surface area contributed by atoms with E-state index in [9.17, 15) is 9.59 Å². The van der Waals surface area contributed by atoms with Crippen LogP contribution in [0.4, 0.5) is 0 Å². The Morgan fingerprint density at radius 1 is 1.62 bits per heavy atom. The number of nitrogens with two attached hydrogens (primary N) is 1. The van der Waals surface area contributed by atoms with Gasteiger partial charge in [0.15, 0.2) is 0 Å². The topological polar surface area (TPSA) is 72.6 Å². The Morgan fingerprint density at radius 3 is 2.77 bits per heavy atom. The molecule has 2 amide bonds. The first-order valence-corrected chi connectivity index (χ1v) is 4.22. The fourth-order valence-corrected chi connectivity index (χ4v) is 1.41. The standard InChI is InChI=1S/C8H14N2O3/c1-13-6-2-3-10(5-6)8(12)4-7(9)11/h6H,2-5H2,1H3,(H2,9,11)/t6-/m1/s1. The van der Waals surface area contributed by atoms with Crippen LogP contribution in [-0.2, 0) is 14.3 Å². The van der Waals surface area contributed by atoms with Crippen molar-refractivity contribution in [2.24, 2.45) is 5.73 Å². The van der Waals surface area contributed by atoms with Crippen molar-refractivity contribution in [3.05, 3.63) is 0 Å². The quantitative estimate of drug-likeness (QED) is 0.581. The molecule has 5 heteroatoms. The minimum absolute atomic E-state index is 0.108. The van der Waals surface area contributed by atoms with Gasteiger partial charge in [-0.05, 0) is 6.42 Å². The van der Waals surface area contributed by atoms with Crippen LogP contribution in [0.2, 0.25) is 0 Å². The van der Waals surface area contributed by atoms with Crippen LogP contribution in [0, 0.1) is 0 Å². The summed E-state index contributed by atoms with van der Waals surface area (Å²) in [6.07, 6.45) is 0.745. The van der Waals surface area contributed by atoms with Crippen molar-refractivity contribution in [2.45, 2.75) is 18.9 Å². The molecule has 0 unspecified atom stereocenters. The normalized spacial score (nSPS) is 21.9. The molecular formula is C8H14N2O3. The van der Waals surface area contributed by atoms with Gasteiger partial charge < -0.3 is 15.4 Å². The second-order valence-corrected chi connectivity index (χ2v) is 3.13. The van der Waals surface area contributed by atoms with Crippen molar-refractivity contribution in [3.8, 4) is 0 Å².